The summed E-state index contributed by atoms with van der Waals surface area (Å²) in [6.07, 6.45) is 0.836. The van der Waals surface area contributed by atoms with Gasteiger partial charge in [-0.15, -0.1) is 0 Å². The summed E-state index contributed by atoms with van der Waals surface area (Å²) in [5.74, 6) is 0.452. The molecule has 1 unspecified atom stereocenters. The summed E-state index contributed by atoms with van der Waals surface area (Å²) in [6, 6.07) is 31.7. The van der Waals surface area contributed by atoms with Gasteiger partial charge in [-0.1, -0.05) is 84.9 Å². The Balaban J connectivity index is 1.46. The van der Waals surface area contributed by atoms with Crippen LogP contribution < -0.4 is 5.32 Å². The molecule has 3 aliphatic rings. The zero-order valence-electron chi connectivity index (χ0n) is 16.9. The number of anilines is 1. The van der Waals surface area contributed by atoms with Gasteiger partial charge < -0.3 is 5.32 Å². The van der Waals surface area contributed by atoms with Crippen molar-refractivity contribution in [2.75, 3.05) is 5.32 Å². The van der Waals surface area contributed by atoms with Gasteiger partial charge in [-0.2, -0.15) is 0 Å². The lowest BCUT2D eigenvalue weighted by atomic mass is 9.52. The van der Waals surface area contributed by atoms with E-state index in [4.69, 9.17) is 0 Å². The highest BCUT2D eigenvalue weighted by Gasteiger charge is 2.53. The first-order chi connectivity index (χ1) is 14.7. The highest BCUT2D eigenvalue weighted by atomic mass is 16.2. The van der Waals surface area contributed by atoms with Crippen LogP contribution in [0.4, 0.5) is 5.69 Å². The molecule has 1 N–H and O–H groups in total. The highest BCUT2D eigenvalue weighted by molar-refractivity contribution is 6.04. The Kier molecular flexibility index (Phi) is 3.67. The Bertz CT molecular complexity index is 1250. The zero-order chi connectivity index (χ0) is 20.3. The molecule has 0 saturated heterocycles. The number of fused-ring (bicyclic) bond motifs is 2. The van der Waals surface area contributed by atoms with Gasteiger partial charge in [0.2, 0.25) is 5.91 Å². The van der Waals surface area contributed by atoms with Gasteiger partial charge in [-0.3, -0.25) is 4.79 Å². The van der Waals surface area contributed by atoms with Gasteiger partial charge in [0.05, 0.1) is 5.41 Å². The molecule has 1 amide bonds. The van der Waals surface area contributed by atoms with Gasteiger partial charge in [0.25, 0.3) is 0 Å². The molecule has 4 aromatic carbocycles. The monoisotopic (exact) mass is 389 g/mol. The second-order valence-electron chi connectivity index (χ2n) is 8.85. The van der Waals surface area contributed by atoms with E-state index >= 15 is 0 Å². The van der Waals surface area contributed by atoms with Gasteiger partial charge in [-0.05, 0) is 47.1 Å². The molecule has 2 bridgehead atoms. The van der Waals surface area contributed by atoms with E-state index in [1.54, 1.807) is 0 Å². The van der Waals surface area contributed by atoms with Crippen molar-refractivity contribution >= 4 is 22.4 Å². The van der Waals surface area contributed by atoms with Crippen LogP contribution in [0.25, 0.3) is 10.8 Å². The number of hydrogen-bond donors (Lipinski definition) is 1. The smallest absolute Gasteiger partial charge is 0.231 e. The van der Waals surface area contributed by atoms with E-state index in [-0.39, 0.29) is 17.7 Å². The quantitative estimate of drug-likeness (QED) is 0.418. The molecular weight excluding hydrogens is 366 g/mol. The van der Waals surface area contributed by atoms with Gasteiger partial charge in [0.1, 0.15) is 0 Å². The number of rotatable bonds is 2. The van der Waals surface area contributed by atoms with E-state index in [2.05, 4.69) is 79.0 Å². The molecule has 0 saturated carbocycles. The van der Waals surface area contributed by atoms with Crippen molar-refractivity contribution < 1.29 is 4.79 Å². The van der Waals surface area contributed by atoms with Crippen molar-refractivity contribution in [3.8, 4) is 0 Å². The fourth-order valence-corrected chi connectivity index (χ4v) is 5.79. The minimum Gasteiger partial charge on any atom is -0.325 e. The summed E-state index contributed by atoms with van der Waals surface area (Å²) in [5, 5.41) is 5.52. The molecule has 1 atom stereocenters. The Labute approximate surface area is 176 Å². The minimum atomic E-state index is -0.496. The van der Waals surface area contributed by atoms with Gasteiger partial charge >= 0.3 is 0 Å². The molecule has 0 aliphatic heterocycles. The highest BCUT2D eigenvalue weighted by Crippen LogP contribution is 2.61. The summed E-state index contributed by atoms with van der Waals surface area (Å²) >= 11 is 0. The van der Waals surface area contributed by atoms with Gasteiger partial charge in [0.15, 0.2) is 0 Å². The van der Waals surface area contributed by atoms with Gasteiger partial charge in [0, 0.05) is 22.9 Å². The molecule has 0 radical (unpaired) electrons. The number of carbonyl (C=O) groups excluding carboxylic acids is 1. The lowest BCUT2D eigenvalue weighted by Gasteiger charge is -2.50. The van der Waals surface area contributed by atoms with E-state index in [9.17, 15) is 4.79 Å². The van der Waals surface area contributed by atoms with Crippen LogP contribution >= 0.6 is 0 Å². The second kappa shape index (κ2) is 6.30. The molecule has 0 spiro atoms. The predicted octanol–water partition coefficient (Wildman–Crippen LogP) is 6.47. The van der Waals surface area contributed by atoms with E-state index in [0.717, 1.165) is 22.9 Å². The van der Waals surface area contributed by atoms with E-state index < -0.39 is 5.41 Å². The van der Waals surface area contributed by atoms with Crippen molar-refractivity contribution in [3.63, 3.8) is 0 Å². The number of hydrogen-bond acceptors (Lipinski definition) is 1. The van der Waals surface area contributed by atoms with Crippen molar-refractivity contribution in [1.29, 1.82) is 0 Å². The molecule has 3 aliphatic carbocycles. The lowest BCUT2D eigenvalue weighted by Crippen LogP contribution is -2.47. The maximum absolute atomic E-state index is 13.8. The Morgan fingerprint density at radius 3 is 2.03 bits per heavy atom. The largest absolute Gasteiger partial charge is 0.325 e. The molecule has 7 rings (SSSR count). The summed E-state index contributed by atoms with van der Waals surface area (Å²) in [6.45, 7) is 2.15. The third-order valence-corrected chi connectivity index (χ3v) is 7.19. The SMILES string of the molecule is CC1(C(=O)Nc2cccc3ccccc23)CC2c3ccccc3C1c1ccccc12. The predicted molar refractivity (Wildman–Crippen MR) is 122 cm³/mol. The second-order valence-corrected chi connectivity index (χ2v) is 8.85. The third kappa shape index (κ3) is 2.34. The summed E-state index contributed by atoms with van der Waals surface area (Å²) in [5.41, 5.74) is 5.78. The average Bonchev–Trinajstić information content (AvgIpc) is 2.79. The summed E-state index contributed by atoms with van der Waals surface area (Å²) in [4.78, 5) is 13.8. The molecule has 0 fully saturated rings. The Morgan fingerprint density at radius 1 is 0.767 bits per heavy atom. The molecule has 4 aromatic rings. The van der Waals surface area contributed by atoms with Crippen LogP contribution in [0, 0.1) is 5.41 Å². The average molecular weight is 389 g/mol. The van der Waals surface area contributed by atoms with Crippen molar-refractivity contribution in [1.82, 2.24) is 0 Å². The van der Waals surface area contributed by atoms with Crippen LogP contribution in [0.15, 0.2) is 91.0 Å². The van der Waals surface area contributed by atoms with Crippen molar-refractivity contribution in [2.24, 2.45) is 5.41 Å². The fraction of sp³-hybridized carbons (Fsp3) is 0.179. The summed E-state index contributed by atoms with van der Waals surface area (Å²) in [7, 11) is 0. The first-order valence-electron chi connectivity index (χ1n) is 10.6. The molecular formula is C28H23NO. The van der Waals surface area contributed by atoms with Crippen LogP contribution in [0.2, 0.25) is 0 Å². The Morgan fingerprint density at radius 2 is 1.33 bits per heavy atom. The van der Waals surface area contributed by atoms with Crippen LogP contribution in [0.5, 0.6) is 0 Å². The topological polar surface area (TPSA) is 29.1 Å². The molecule has 2 heteroatoms. The molecule has 146 valence electrons. The number of benzene rings is 4. The van der Waals surface area contributed by atoms with E-state index in [1.165, 1.54) is 22.3 Å². The fourth-order valence-electron chi connectivity index (χ4n) is 5.79. The summed E-state index contributed by atoms with van der Waals surface area (Å²) < 4.78 is 0. The maximum atomic E-state index is 13.8. The lowest BCUT2D eigenvalue weighted by molar-refractivity contribution is -0.126. The third-order valence-electron chi connectivity index (χ3n) is 7.19. The van der Waals surface area contributed by atoms with Gasteiger partial charge in [-0.25, -0.2) is 0 Å². The van der Waals surface area contributed by atoms with E-state index in [0.29, 0.717) is 0 Å². The number of amides is 1. The number of nitrogens with one attached hydrogen (secondary N) is 1. The van der Waals surface area contributed by atoms with Crippen LogP contribution in [-0.2, 0) is 4.79 Å². The molecule has 30 heavy (non-hydrogen) atoms. The van der Waals surface area contributed by atoms with Crippen molar-refractivity contribution in [2.45, 2.75) is 25.2 Å². The molecule has 0 aromatic heterocycles. The van der Waals surface area contributed by atoms with Crippen molar-refractivity contribution in [3.05, 3.63) is 113 Å². The number of carbonyl (C=O) groups is 1. The van der Waals surface area contributed by atoms with Crippen LogP contribution in [0.1, 0.15) is 47.4 Å². The first kappa shape index (κ1) is 17.5. The van der Waals surface area contributed by atoms with E-state index in [1.807, 2.05) is 24.3 Å². The standard InChI is InChI=1S/C28H23NO/c1-28(27(30)29-25-16-8-10-18-9-2-3-11-19(18)25)17-24-20-12-4-6-14-22(20)26(28)23-15-7-5-13-21(23)24/h2-16,24,26H,17H2,1H3,(H,29,30). The zero-order valence-corrected chi connectivity index (χ0v) is 16.9. The molecule has 2 nitrogen and oxygen atoms in total. The maximum Gasteiger partial charge on any atom is 0.231 e. The van der Waals surface area contributed by atoms with Crippen LogP contribution in [0.3, 0.4) is 0 Å². The minimum absolute atomic E-state index is 0.0740. The van der Waals surface area contributed by atoms with Crippen LogP contribution in [-0.4, -0.2) is 5.91 Å². The Hall–Kier alpha value is -3.39. The normalized spacial score (nSPS) is 23.6. The first-order valence-corrected chi connectivity index (χ1v) is 10.6. The molecule has 0 heterocycles.